The number of amides is 1. The Morgan fingerprint density at radius 1 is 1.11 bits per heavy atom. The van der Waals surface area contributed by atoms with E-state index >= 15 is 0 Å². The van der Waals surface area contributed by atoms with Gasteiger partial charge in [-0.15, -0.1) is 23.5 Å². The average Bonchev–Trinajstić information content (AvgIpc) is 2.88. The lowest BCUT2D eigenvalue weighted by Gasteiger charge is -2.16. The second kappa shape index (κ2) is 7.44. The second-order valence-electron chi connectivity index (χ2n) is 6.61. The molecule has 4 rings (SSSR count). The molecule has 1 atom stereocenters. The van der Waals surface area contributed by atoms with Crippen LogP contribution in [0.2, 0.25) is 0 Å². The Labute approximate surface area is 167 Å². The summed E-state index contributed by atoms with van der Waals surface area (Å²) in [5.74, 6) is 1.22. The zero-order chi connectivity index (χ0) is 19.0. The fourth-order valence-corrected chi connectivity index (χ4v) is 4.90. The fourth-order valence-electron chi connectivity index (χ4n) is 3.30. The summed E-state index contributed by atoms with van der Waals surface area (Å²) in [5.41, 5.74) is 5.37. The number of aromatic nitrogens is 2. The van der Waals surface area contributed by atoms with Crippen molar-refractivity contribution < 1.29 is 4.79 Å². The maximum Gasteiger partial charge on any atom is 0.235 e. The van der Waals surface area contributed by atoms with Crippen LogP contribution >= 0.6 is 23.5 Å². The van der Waals surface area contributed by atoms with Crippen LogP contribution in [0, 0.1) is 13.8 Å². The molecule has 0 bridgehead atoms. The van der Waals surface area contributed by atoms with Gasteiger partial charge in [0, 0.05) is 10.5 Å². The molecule has 1 amide bonds. The number of fused-ring (bicyclic) bond motifs is 1. The first-order valence-corrected chi connectivity index (χ1v) is 11.1. The minimum atomic E-state index is 0.0118. The molecule has 138 valence electrons. The second-order valence-corrected chi connectivity index (χ2v) is 8.58. The topological polar surface area (TPSA) is 46.9 Å². The normalized spacial score (nSPS) is 16.6. The van der Waals surface area contributed by atoms with Crippen molar-refractivity contribution in [2.24, 2.45) is 0 Å². The van der Waals surface area contributed by atoms with E-state index < -0.39 is 0 Å². The van der Waals surface area contributed by atoms with E-state index in [4.69, 9.17) is 5.10 Å². The lowest BCUT2D eigenvalue weighted by molar-refractivity contribution is -0.113. The van der Waals surface area contributed by atoms with Gasteiger partial charge in [0.1, 0.15) is 5.82 Å². The molecule has 0 aliphatic carbocycles. The van der Waals surface area contributed by atoms with Crippen LogP contribution in [-0.2, 0) is 4.79 Å². The Morgan fingerprint density at radius 2 is 1.81 bits per heavy atom. The molecule has 2 aromatic carbocycles. The number of benzene rings is 2. The molecule has 27 heavy (non-hydrogen) atoms. The molecule has 1 unspecified atom stereocenters. The zero-order valence-electron chi connectivity index (χ0n) is 15.5. The number of nitrogens with zero attached hydrogens (tertiary/aromatic N) is 2. The van der Waals surface area contributed by atoms with Crippen molar-refractivity contribution >= 4 is 35.2 Å². The standard InChI is InChI=1S/C21H21N3OS2/c1-13-4-8-16(9-5-13)24-21-19(14(2)23-24)20(27-12-18(25)22-21)15-6-10-17(26-3)11-7-15/h4-11,20H,12H2,1-3H3,(H,22,25). The van der Waals surface area contributed by atoms with Gasteiger partial charge in [0.05, 0.1) is 22.4 Å². The van der Waals surface area contributed by atoms with Gasteiger partial charge in [0.15, 0.2) is 0 Å². The average molecular weight is 396 g/mol. The van der Waals surface area contributed by atoms with Crippen molar-refractivity contribution in [3.63, 3.8) is 0 Å². The number of hydrogen-bond acceptors (Lipinski definition) is 4. The molecule has 2 heterocycles. The highest BCUT2D eigenvalue weighted by molar-refractivity contribution is 8.00. The number of nitrogens with one attached hydrogen (secondary N) is 1. The number of anilines is 1. The Balaban J connectivity index is 1.84. The molecule has 4 nitrogen and oxygen atoms in total. The van der Waals surface area contributed by atoms with E-state index in [-0.39, 0.29) is 11.2 Å². The minimum absolute atomic E-state index is 0.0118. The van der Waals surface area contributed by atoms with Crippen LogP contribution in [0.1, 0.15) is 27.6 Å². The molecule has 0 fully saturated rings. The third-order valence-corrected chi connectivity index (χ3v) is 6.72. The van der Waals surface area contributed by atoms with Crippen molar-refractivity contribution in [3.8, 4) is 5.69 Å². The molecule has 1 N–H and O–H groups in total. The predicted octanol–water partition coefficient (Wildman–Crippen LogP) is 4.99. The van der Waals surface area contributed by atoms with Gasteiger partial charge >= 0.3 is 0 Å². The van der Waals surface area contributed by atoms with Crippen LogP contribution in [0.15, 0.2) is 53.4 Å². The number of thioether (sulfide) groups is 2. The molecule has 3 aromatic rings. The highest BCUT2D eigenvalue weighted by Gasteiger charge is 2.30. The van der Waals surface area contributed by atoms with E-state index in [0.717, 1.165) is 22.8 Å². The lowest BCUT2D eigenvalue weighted by atomic mass is 10.0. The quantitative estimate of drug-likeness (QED) is 0.635. The van der Waals surface area contributed by atoms with Crippen molar-refractivity contribution in [1.29, 1.82) is 0 Å². The maximum absolute atomic E-state index is 12.4. The molecule has 0 spiro atoms. The Kier molecular flexibility index (Phi) is 5.02. The molecule has 0 saturated carbocycles. The monoisotopic (exact) mass is 395 g/mol. The molecular formula is C21H21N3OS2. The summed E-state index contributed by atoms with van der Waals surface area (Å²) in [7, 11) is 0. The van der Waals surface area contributed by atoms with Crippen molar-refractivity contribution in [3.05, 3.63) is 70.9 Å². The lowest BCUT2D eigenvalue weighted by Crippen LogP contribution is -2.15. The molecule has 1 aliphatic rings. The number of rotatable bonds is 3. The first-order valence-electron chi connectivity index (χ1n) is 8.79. The third-order valence-electron chi connectivity index (χ3n) is 4.70. The van der Waals surface area contributed by atoms with Crippen LogP contribution in [-0.4, -0.2) is 27.7 Å². The van der Waals surface area contributed by atoms with E-state index in [1.807, 2.05) is 23.7 Å². The van der Waals surface area contributed by atoms with Gasteiger partial charge < -0.3 is 5.32 Å². The Hall–Kier alpha value is -2.18. The largest absolute Gasteiger partial charge is 0.310 e. The molecule has 0 saturated heterocycles. The summed E-state index contributed by atoms with van der Waals surface area (Å²) in [4.78, 5) is 13.6. The highest BCUT2D eigenvalue weighted by Crippen LogP contribution is 2.44. The summed E-state index contributed by atoms with van der Waals surface area (Å²) >= 11 is 3.38. The van der Waals surface area contributed by atoms with Gasteiger partial charge in [-0.1, -0.05) is 29.8 Å². The molecule has 0 radical (unpaired) electrons. The summed E-state index contributed by atoms with van der Waals surface area (Å²) in [6.45, 7) is 4.08. The first-order chi connectivity index (χ1) is 13.1. The van der Waals surface area contributed by atoms with Crippen LogP contribution in [0.3, 0.4) is 0 Å². The van der Waals surface area contributed by atoms with Crippen molar-refractivity contribution in [1.82, 2.24) is 9.78 Å². The molecule has 6 heteroatoms. The van der Waals surface area contributed by atoms with Gasteiger partial charge in [-0.3, -0.25) is 4.79 Å². The summed E-state index contributed by atoms with van der Waals surface area (Å²) in [6, 6.07) is 16.8. The van der Waals surface area contributed by atoms with E-state index in [1.54, 1.807) is 23.5 Å². The van der Waals surface area contributed by atoms with Gasteiger partial charge in [-0.05, 0) is 49.9 Å². The van der Waals surface area contributed by atoms with Gasteiger partial charge in [-0.2, -0.15) is 5.10 Å². The molecule has 1 aliphatic heterocycles. The van der Waals surface area contributed by atoms with Gasteiger partial charge in [0.2, 0.25) is 5.91 Å². The van der Waals surface area contributed by atoms with E-state index in [1.165, 1.54) is 16.0 Å². The van der Waals surface area contributed by atoms with Crippen LogP contribution < -0.4 is 5.32 Å². The van der Waals surface area contributed by atoms with Gasteiger partial charge in [-0.25, -0.2) is 4.68 Å². The van der Waals surface area contributed by atoms with E-state index in [2.05, 4.69) is 54.9 Å². The van der Waals surface area contributed by atoms with Gasteiger partial charge in [0.25, 0.3) is 0 Å². The number of aryl methyl sites for hydroxylation is 2. The van der Waals surface area contributed by atoms with Crippen LogP contribution in [0.25, 0.3) is 5.69 Å². The minimum Gasteiger partial charge on any atom is -0.310 e. The Morgan fingerprint density at radius 3 is 2.48 bits per heavy atom. The van der Waals surface area contributed by atoms with E-state index in [9.17, 15) is 4.79 Å². The summed E-state index contributed by atoms with van der Waals surface area (Å²) < 4.78 is 1.86. The summed E-state index contributed by atoms with van der Waals surface area (Å²) in [5, 5.41) is 7.92. The van der Waals surface area contributed by atoms with Crippen molar-refractivity contribution in [2.45, 2.75) is 24.0 Å². The summed E-state index contributed by atoms with van der Waals surface area (Å²) in [6.07, 6.45) is 2.08. The highest BCUT2D eigenvalue weighted by atomic mass is 32.2. The SMILES string of the molecule is CSc1ccc(C2SCC(=O)Nc3c2c(C)nn3-c2ccc(C)cc2)cc1. The number of hydrogen-bond donors (Lipinski definition) is 1. The third kappa shape index (κ3) is 3.51. The smallest absolute Gasteiger partial charge is 0.235 e. The zero-order valence-corrected chi connectivity index (χ0v) is 17.2. The fraction of sp³-hybridized carbons (Fsp3) is 0.238. The van der Waals surface area contributed by atoms with Crippen LogP contribution in [0.4, 0.5) is 5.82 Å². The first kappa shape index (κ1) is 18.2. The number of carbonyl (C=O) groups is 1. The van der Waals surface area contributed by atoms with Crippen LogP contribution in [0.5, 0.6) is 0 Å². The predicted molar refractivity (Wildman–Crippen MR) is 114 cm³/mol. The Bertz CT molecular complexity index is 978. The van der Waals surface area contributed by atoms with Crippen molar-refractivity contribution in [2.75, 3.05) is 17.3 Å². The molecule has 1 aromatic heterocycles. The van der Waals surface area contributed by atoms with E-state index in [0.29, 0.717) is 5.75 Å². The molecular weight excluding hydrogens is 374 g/mol. The number of carbonyl (C=O) groups excluding carboxylic acids is 1. The maximum atomic E-state index is 12.4.